The number of azo groups is 1. The van der Waals surface area contributed by atoms with Crippen molar-refractivity contribution in [2.45, 2.75) is 19.9 Å². The number of methoxy groups -OCH3 is 1. The van der Waals surface area contributed by atoms with Crippen LogP contribution in [0.2, 0.25) is 0 Å². The third-order valence-corrected chi connectivity index (χ3v) is 5.93. The molecule has 0 unspecified atom stereocenters. The van der Waals surface area contributed by atoms with Crippen molar-refractivity contribution in [3.8, 4) is 22.9 Å². The Hall–Kier alpha value is -4.52. The molecule has 0 spiro atoms. The van der Waals surface area contributed by atoms with Gasteiger partial charge < -0.3 is 14.4 Å². The summed E-state index contributed by atoms with van der Waals surface area (Å²) in [6, 6.07) is 24.3. The molecule has 174 valence electrons. The summed E-state index contributed by atoms with van der Waals surface area (Å²) in [4.78, 5) is 18.1. The average molecular weight is 465 g/mol. The van der Waals surface area contributed by atoms with Crippen LogP contribution >= 0.6 is 0 Å². The molecule has 0 radical (unpaired) electrons. The first-order chi connectivity index (χ1) is 17.0. The second-order valence-electron chi connectivity index (χ2n) is 8.46. The van der Waals surface area contributed by atoms with Gasteiger partial charge in [0.25, 0.3) is 5.91 Å². The van der Waals surface area contributed by atoms with Crippen LogP contribution in [0.1, 0.15) is 30.2 Å². The van der Waals surface area contributed by atoms with Crippen LogP contribution in [0.5, 0.6) is 11.6 Å². The molecule has 2 aromatic heterocycles. The Bertz CT molecular complexity index is 1590. The molecule has 0 saturated carbocycles. The molecule has 7 heteroatoms. The maximum atomic E-state index is 13.4. The molecule has 0 aliphatic rings. The number of ether oxygens (including phenoxy) is 1. The number of nitrogens with zero attached hydrogens (tertiary/aromatic N) is 4. The smallest absolute Gasteiger partial charge is 0.296 e. The number of para-hydroxylation sites is 1. The van der Waals surface area contributed by atoms with Gasteiger partial charge in [-0.05, 0) is 44.2 Å². The number of fused-ring (bicyclic) bond motifs is 2. The van der Waals surface area contributed by atoms with E-state index in [-0.39, 0.29) is 17.6 Å². The number of carbonyl (C=O) groups is 1. The van der Waals surface area contributed by atoms with Crippen molar-refractivity contribution in [1.29, 1.82) is 0 Å². The maximum Gasteiger partial charge on any atom is 0.296 e. The van der Waals surface area contributed by atoms with Crippen LogP contribution in [0.15, 0.2) is 89.1 Å². The van der Waals surface area contributed by atoms with Gasteiger partial charge in [-0.25, -0.2) is 4.98 Å². The fourth-order valence-corrected chi connectivity index (χ4v) is 4.27. The summed E-state index contributed by atoms with van der Waals surface area (Å²) >= 11 is 0. The van der Waals surface area contributed by atoms with E-state index in [1.165, 1.54) is 0 Å². The first kappa shape index (κ1) is 22.3. The monoisotopic (exact) mass is 464 g/mol. The van der Waals surface area contributed by atoms with E-state index in [2.05, 4.69) is 10.2 Å². The third-order valence-electron chi connectivity index (χ3n) is 5.93. The predicted octanol–water partition coefficient (Wildman–Crippen LogP) is 7.08. The fourth-order valence-electron chi connectivity index (χ4n) is 4.27. The summed E-state index contributed by atoms with van der Waals surface area (Å²) in [5.41, 5.74) is 3.62. The van der Waals surface area contributed by atoms with Gasteiger partial charge in [0.15, 0.2) is 5.69 Å². The zero-order chi connectivity index (χ0) is 24.5. The maximum absolute atomic E-state index is 13.4. The van der Waals surface area contributed by atoms with Crippen LogP contribution in [0.3, 0.4) is 0 Å². The van der Waals surface area contributed by atoms with E-state index < -0.39 is 5.91 Å². The Morgan fingerprint density at radius 3 is 2.46 bits per heavy atom. The largest absolute Gasteiger partial charge is 0.497 e. The molecule has 0 aliphatic heterocycles. The Morgan fingerprint density at radius 1 is 0.971 bits per heavy atom. The molecule has 0 atom stereocenters. The summed E-state index contributed by atoms with van der Waals surface area (Å²) in [5.74, 6) is 0.0444. The molecule has 35 heavy (non-hydrogen) atoms. The van der Waals surface area contributed by atoms with Gasteiger partial charge in [-0.15, -0.1) is 10.2 Å². The fraction of sp³-hybridized carbons (Fsp3) is 0.143. The van der Waals surface area contributed by atoms with Crippen molar-refractivity contribution in [3.63, 3.8) is 0 Å². The van der Waals surface area contributed by atoms with Crippen LogP contribution in [0.4, 0.5) is 5.69 Å². The minimum Gasteiger partial charge on any atom is -0.497 e. The molecule has 0 aliphatic carbocycles. The first-order valence-electron chi connectivity index (χ1n) is 11.3. The first-order valence-corrected chi connectivity index (χ1v) is 11.3. The molecule has 2 heterocycles. The molecular weight excluding hydrogens is 440 g/mol. The molecular formula is C28H24N4O3. The van der Waals surface area contributed by atoms with E-state index in [0.29, 0.717) is 27.9 Å². The Labute approximate surface area is 202 Å². The highest BCUT2D eigenvalue weighted by Crippen LogP contribution is 2.41. The van der Waals surface area contributed by atoms with Crippen LogP contribution in [0, 0.1) is 0 Å². The Balaban J connectivity index is 1.64. The number of hydrogen-bond acceptors (Lipinski definition) is 5. The number of aromatic nitrogens is 2. The van der Waals surface area contributed by atoms with Crippen molar-refractivity contribution in [2.24, 2.45) is 10.2 Å². The summed E-state index contributed by atoms with van der Waals surface area (Å²) < 4.78 is 7.13. The summed E-state index contributed by atoms with van der Waals surface area (Å²) in [7, 11) is 1.57. The lowest BCUT2D eigenvalue weighted by Gasteiger charge is -2.10. The van der Waals surface area contributed by atoms with Gasteiger partial charge in [-0.3, -0.25) is 4.79 Å². The number of carbonyl (C=O) groups excluding carboxylic acids is 1. The van der Waals surface area contributed by atoms with Gasteiger partial charge >= 0.3 is 0 Å². The number of hydrogen-bond donors (Lipinski definition) is 1. The van der Waals surface area contributed by atoms with E-state index >= 15 is 0 Å². The molecule has 5 aromatic rings. The molecule has 1 amide bonds. The summed E-state index contributed by atoms with van der Waals surface area (Å²) in [5, 5.41) is 20.5. The van der Waals surface area contributed by atoms with Gasteiger partial charge in [0, 0.05) is 22.4 Å². The van der Waals surface area contributed by atoms with Crippen molar-refractivity contribution < 1.29 is 14.6 Å². The second-order valence-corrected chi connectivity index (χ2v) is 8.46. The van der Waals surface area contributed by atoms with Crippen LogP contribution in [-0.2, 0) is 0 Å². The minimum absolute atomic E-state index is 0.00425. The zero-order valence-corrected chi connectivity index (χ0v) is 19.6. The summed E-state index contributed by atoms with van der Waals surface area (Å²) in [6.45, 7) is 3.94. The molecule has 3 aromatic carbocycles. The Kier molecular flexibility index (Phi) is 5.74. The highest BCUT2D eigenvalue weighted by Gasteiger charge is 2.19. The molecule has 0 bridgehead atoms. The highest BCUT2D eigenvalue weighted by molar-refractivity contribution is 6.08. The highest BCUT2D eigenvalue weighted by atomic mass is 16.5. The number of aromatic hydroxyl groups is 1. The Morgan fingerprint density at radius 2 is 1.71 bits per heavy atom. The normalized spacial score (nSPS) is 11.7. The topological polar surface area (TPSA) is 89.1 Å². The average Bonchev–Trinajstić information content (AvgIpc) is 3.17. The van der Waals surface area contributed by atoms with E-state index in [0.717, 1.165) is 16.5 Å². The minimum atomic E-state index is -0.538. The van der Waals surface area contributed by atoms with Crippen molar-refractivity contribution in [3.05, 3.63) is 84.4 Å². The lowest BCUT2D eigenvalue weighted by Crippen LogP contribution is -1.99. The van der Waals surface area contributed by atoms with Gasteiger partial charge in [0.2, 0.25) is 5.88 Å². The molecule has 7 nitrogen and oxygen atoms in total. The lowest BCUT2D eigenvalue weighted by atomic mass is 10.0. The van der Waals surface area contributed by atoms with Gasteiger partial charge in [0.1, 0.15) is 5.75 Å². The van der Waals surface area contributed by atoms with Gasteiger partial charge in [-0.2, -0.15) is 0 Å². The quantitative estimate of drug-likeness (QED) is 0.282. The third kappa shape index (κ3) is 4.01. The van der Waals surface area contributed by atoms with Crippen LogP contribution < -0.4 is 4.74 Å². The number of benzene rings is 3. The van der Waals surface area contributed by atoms with Crippen molar-refractivity contribution in [1.82, 2.24) is 9.55 Å². The van der Waals surface area contributed by atoms with Crippen molar-refractivity contribution >= 4 is 33.4 Å². The lowest BCUT2D eigenvalue weighted by molar-refractivity contribution is 0.0996. The van der Waals surface area contributed by atoms with Crippen LogP contribution in [-0.4, -0.2) is 27.7 Å². The molecule has 0 fully saturated rings. The van der Waals surface area contributed by atoms with Gasteiger partial charge in [0.05, 0.1) is 29.4 Å². The summed E-state index contributed by atoms with van der Waals surface area (Å²) in [6.07, 6.45) is 0. The predicted molar refractivity (Wildman–Crippen MR) is 137 cm³/mol. The van der Waals surface area contributed by atoms with E-state index in [9.17, 15) is 9.90 Å². The zero-order valence-electron chi connectivity index (χ0n) is 19.6. The van der Waals surface area contributed by atoms with E-state index in [1.54, 1.807) is 29.9 Å². The van der Waals surface area contributed by atoms with E-state index in [4.69, 9.17) is 9.72 Å². The van der Waals surface area contributed by atoms with Gasteiger partial charge in [-0.1, -0.05) is 48.5 Å². The van der Waals surface area contributed by atoms with E-state index in [1.807, 2.05) is 74.5 Å². The van der Waals surface area contributed by atoms with Crippen LogP contribution in [0.25, 0.3) is 33.1 Å². The second kappa shape index (κ2) is 9.02. The molecule has 1 N–H and O–H groups in total. The SMILES string of the molecule is COc1ccc2nc(-c3ccccc3)cc(C(=O)N=Nc3c(O)n(C(C)C)c4ccccc34)c2c1. The standard InChI is InChI=1S/C28H24N4O3/c1-17(2)32-25-12-8-7-11-20(25)26(28(32)34)30-31-27(33)22-16-24(18-9-5-4-6-10-18)29-23-14-13-19(35-3)15-21(22)23/h4-17,34H,1-3H3. The number of rotatable bonds is 5. The van der Waals surface area contributed by atoms with Crippen molar-refractivity contribution in [2.75, 3.05) is 7.11 Å². The molecule has 5 rings (SSSR count). The molecule has 0 saturated heterocycles. The number of amides is 1. The number of pyridine rings is 1.